The Kier molecular flexibility index (Phi) is 9.09. The maximum absolute atomic E-state index is 12.6. The molecule has 2 aromatic carbocycles. The van der Waals surface area contributed by atoms with Crippen molar-refractivity contribution in [2.45, 2.75) is 31.9 Å². The fourth-order valence-electron chi connectivity index (χ4n) is 3.39. The van der Waals surface area contributed by atoms with Crippen molar-refractivity contribution in [1.29, 1.82) is 0 Å². The van der Waals surface area contributed by atoms with Crippen LogP contribution in [0.15, 0.2) is 60.0 Å². The predicted molar refractivity (Wildman–Crippen MR) is 132 cm³/mol. The zero-order valence-electron chi connectivity index (χ0n) is 20.2. The number of likely N-dealkylation sites (tertiary alicyclic amines) is 1. The van der Waals surface area contributed by atoms with E-state index in [1.165, 1.54) is 45.2 Å². The number of ether oxygens (including phenoxy) is 3. The number of nitrogens with zero attached hydrogens (tertiary/aromatic N) is 2. The highest BCUT2D eigenvalue weighted by molar-refractivity contribution is 7.99. The van der Waals surface area contributed by atoms with E-state index in [9.17, 15) is 29.6 Å². The number of thioether (sulfide) groups is 1. The van der Waals surface area contributed by atoms with Crippen LogP contribution in [-0.2, 0) is 30.5 Å². The summed E-state index contributed by atoms with van der Waals surface area (Å²) in [7, 11) is 1.46. The van der Waals surface area contributed by atoms with Gasteiger partial charge in [-0.15, -0.1) is 11.8 Å². The number of rotatable bonds is 9. The minimum atomic E-state index is -0.953. The van der Waals surface area contributed by atoms with Gasteiger partial charge in [0, 0.05) is 32.2 Å². The number of non-ortho nitro benzene ring substituents is 1. The second kappa shape index (κ2) is 12.2. The van der Waals surface area contributed by atoms with Crippen molar-refractivity contribution < 1.29 is 38.6 Å². The molecule has 13 heteroatoms. The van der Waals surface area contributed by atoms with E-state index in [1.54, 1.807) is 0 Å². The number of nitro benzene ring substituents is 1. The van der Waals surface area contributed by atoms with Crippen LogP contribution in [0.4, 0.5) is 5.69 Å². The van der Waals surface area contributed by atoms with E-state index >= 15 is 0 Å². The lowest BCUT2D eigenvalue weighted by Gasteiger charge is -2.46. The van der Waals surface area contributed by atoms with Crippen molar-refractivity contribution in [3.63, 3.8) is 0 Å². The first-order valence-corrected chi connectivity index (χ1v) is 12.0. The van der Waals surface area contributed by atoms with Crippen molar-refractivity contribution in [1.82, 2.24) is 10.2 Å². The quantitative estimate of drug-likeness (QED) is 0.0799. The summed E-state index contributed by atoms with van der Waals surface area (Å²) in [6.07, 6.45) is 0. The van der Waals surface area contributed by atoms with Crippen LogP contribution in [0.5, 0.6) is 11.5 Å². The molecule has 0 aliphatic carbocycles. The first-order chi connectivity index (χ1) is 17.6. The van der Waals surface area contributed by atoms with Gasteiger partial charge in [-0.1, -0.05) is 6.07 Å². The summed E-state index contributed by atoms with van der Waals surface area (Å²) in [4.78, 5) is 47.7. The van der Waals surface area contributed by atoms with Gasteiger partial charge in [-0.3, -0.25) is 24.6 Å². The van der Waals surface area contributed by atoms with E-state index in [-0.39, 0.29) is 23.9 Å². The standard InChI is InChI=1S/C18H21N3O8S.C6H4O/c1-10(22)15(18(25)29-8-12-4-6-13(7-5-12)21(26)27)20-16(24)14(19-11(2)23)17(20)30-9-28-3;1-2-5-4-6(3-1)7-5/h4-7,14,17,22H,8-9H2,1-3H3,(H,19,23);1-4H. The number of hydrogen-bond donors (Lipinski definition) is 2. The van der Waals surface area contributed by atoms with Gasteiger partial charge in [0.2, 0.25) is 5.91 Å². The van der Waals surface area contributed by atoms with Crippen LogP contribution < -0.4 is 10.1 Å². The number of carbonyl (C=O) groups excluding carboxylic acids is 3. The Morgan fingerprint density at radius 1 is 1.19 bits per heavy atom. The number of β-lactam (4-membered cyclic amide) rings is 1. The Labute approximate surface area is 216 Å². The highest BCUT2D eigenvalue weighted by Crippen LogP contribution is 2.35. The van der Waals surface area contributed by atoms with Crippen molar-refractivity contribution >= 4 is 35.2 Å². The average Bonchev–Trinajstić information content (AvgIpc) is 2.86. The third-order valence-electron chi connectivity index (χ3n) is 5.09. The van der Waals surface area contributed by atoms with Gasteiger partial charge in [0.25, 0.3) is 11.6 Å². The number of allylic oxidation sites excluding steroid dienone is 1. The molecule has 2 N–H and O–H groups in total. The van der Waals surface area contributed by atoms with Gasteiger partial charge >= 0.3 is 5.97 Å². The molecule has 3 aliphatic rings. The Hall–Kier alpha value is -4.10. The third-order valence-corrected chi connectivity index (χ3v) is 6.29. The van der Waals surface area contributed by atoms with Gasteiger partial charge in [0.15, 0.2) is 5.70 Å². The maximum atomic E-state index is 12.6. The summed E-state index contributed by atoms with van der Waals surface area (Å²) in [5.74, 6) is -0.222. The van der Waals surface area contributed by atoms with Crippen LogP contribution in [0, 0.1) is 10.1 Å². The molecule has 1 fully saturated rings. The van der Waals surface area contributed by atoms with Crippen molar-refractivity contribution in [3.8, 4) is 11.5 Å². The average molecular weight is 532 g/mol. The normalized spacial score (nSPS) is 17.6. The van der Waals surface area contributed by atoms with E-state index in [4.69, 9.17) is 14.2 Å². The molecule has 37 heavy (non-hydrogen) atoms. The van der Waals surface area contributed by atoms with E-state index in [2.05, 4.69) is 5.32 Å². The molecular weight excluding hydrogens is 506 g/mol. The SMILES string of the molecule is COCSC1C(NC(C)=O)C(=O)N1C(C(=O)OCc1ccc([N+](=O)[O-])cc1)=C(C)O.c1cc2cc(c1)O2. The molecule has 1 saturated heterocycles. The van der Waals surface area contributed by atoms with Crippen molar-refractivity contribution in [2.24, 2.45) is 0 Å². The van der Waals surface area contributed by atoms with Gasteiger partial charge in [-0.2, -0.15) is 0 Å². The summed E-state index contributed by atoms with van der Waals surface area (Å²) in [6.45, 7) is 2.28. The number of benzene rings is 2. The van der Waals surface area contributed by atoms with Crippen LogP contribution in [0.1, 0.15) is 19.4 Å². The molecule has 2 atom stereocenters. The number of aliphatic hydroxyl groups excluding tert-OH is 1. The molecule has 0 saturated carbocycles. The summed E-state index contributed by atoms with van der Waals surface area (Å²) in [6, 6.07) is 12.4. The van der Waals surface area contributed by atoms with E-state index in [0.29, 0.717) is 5.56 Å². The summed E-state index contributed by atoms with van der Waals surface area (Å²) < 4.78 is 15.2. The molecule has 2 aromatic rings. The number of carbonyl (C=O) groups is 3. The van der Waals surface area contributed by atoms with Gasteiger partial charge < -0.3 is 24.6 Å². The Morgan fingerprint density at radius 3 is 2.24 bits per heavy atom. The molecule has 2 unspecified atom stereocenters. The van der Waals surface area contributed by atoms with Gasteiger partial charge in [-0.25, -0.2) is 4.79 Å². The smallest absolute Gasteiger partial charge is 0.358 e. The largest absolute Gasteiger partial charge is 0.510 e. The van der Waals surface area contributed by atoms with Crippen LogP contribution in [0.25, 0.3) is 0 Å². The molecule has 0 spiro atoms. The zero-order valence-corrected chi connectivity index (χ0v) is 21.0. The zero-order chi connectivity index (χ0) is 27.1. The molecule has 0 aromatic heterocycles. The van der Waals surface area contributed by atoms with Gasteiger partial charge in [0.05, 0.1) is 10.9 Å². The fourth-order valence-corrected chi connectivity index (χ4v) is 4.40. The maximum Gasteiger partial charge on any atom is 0.358 e. The molecule has 0 radical (unpaired) electrons. The Morgan fingerprint density at radius 2 is 1.81 bits per heavy atom. The highest BCUT2D eigenvalue weighted by Gasteiger charge is 2.52. The van der Waals surface area contributed by atoms with Crippen LogP contribution in [-0.4, -0.2) is 57.2 Å². The number of hydrogen-bond acceptors (Lipinski definition) is 10. The van der Waals surface area contributed by atoms with E-state index in [0.717, 1.165) is 28.2 Å². The summed E-state index contributed by atoms with van der Waals surface area (Å²) in [5.41, 5.74) is 0.0300. The first kappa shape index (κ1) is 27.5. The predicted octanol–water partition coefficient (Wildman–Crippen LogP) is 3.23. The molecule has 196 valence electrons. The number of aliphatic hydroxyl groups is 1. The number of nitro groups is 1. The lowest BCUT2D eigenvalue weighted by molar-refractivity contribution is -0.384. The van der Waals surface area contributed by atoms with E-state index < -0.39 is 39.9 Å². The third kappa shape index (κ3) is 6.77. The molecule has 5 rings (SSSR count). The lowest BCUT2D eigenvalue weighted by Crippen LogP contribution is -2.69. The van der Waals surface area contributed by atoms with Crippen molar-refractivity contribution in [3.05, 3.63) is 75.7 Å². The fraction of sp³-hybridized carbons (Fsp3) is 0.292. The number of fused-ring (bicyclic) bond motifs is 2. The number of methoxy groups -OCH3 is 1. The van der Waals surface area contributed by atoms with Crippen LogP contribution >= 0.6 is 11.8 Å². The summed E-state index contributed by atoms with van der Waals surface area (Å²) in [5, 5.41) is 22.6. The molecule has 12 nitrogen and oxygen atoms in total. The van der Waals surface area contributed by atoms with Crippen molar-refractivity contribution in [2.75, 3.05) is 13.0 Å². The summed E-state index contributed by atoms with van der Waals surface area (Å²) >= 11 is 1.16. The monoisotopic (exact) mass is 531 g/mol. The molecule has 3 aliphatic heterocycles. The minimum absolute atomic E-state index is 0.106. The number of nitrogens with one attached hydrogen (secondary N) is 1. The van der Waals surface area contributed by atoms with E-state index in [1.807, 2.05) is 24.3 Å². The first-order valence-electron chi connectivity index (χ1n) is 10.9. The van der Waals surface area contributed by atoms with Gasteiger partial charge in [-0.05, 0) is 36.8 Å². The molecular formula is C24H25N3O9S. The lowest BCUT2D eigenvalue weighted by atomic mass is 10.1. The molecule has 2 bridgehead atoms. The van der Waals surface area contributed by atoms with Crippen LogP contribution in [0.3, 0.4) is 0 Å². The molecule has 3 heterocycles. The Bertz CT molecular complexity index is 1190. The number of esters is 1. The van der Waals surface area contributed by atoms with Gasteiger partial charge in [0.1, 0.15) is 35.3 Å². The Balaban J connectivity index is 0.000000458. The second-order valence-corrected chi connectivity index (χ2v) is 8.91. The second-order valence-electron chi connectivity index (χ2n) is 7.86. The molecule has 2 amide bonds. The number of amides is 2. The minimum Gasteiger partial charge on any atom is -0.510 e. The van der Waals surface area contributed by atoms with Crippen LogP contribution in [0.2, 0.25) is 0 Å². The highest BCUT2D eigenvalue weighted by atomic mass is 32.2. The topological polar surface area (TPSA) is 158 Å².